The molecule has 8 nitrogen and oxygen atoms in total. The highest BCUT2D eigenvalue weighted by Gasteiger charge is 2.11. The minimum atomic E-state index is -1.26. The van der Waals surface area contributed by atoms with Gasteiger partial charge in [0.2, 0.25) is 5.91 Å². The lowest BCUT2D eigenvalue weighted by Crippen LogP contribution is -2.19. The predicted molar refractivity (Wildman–Crippen MR) is 101 cm³/mol. The summed E-state index contributed by atoms with van der Waals surface area (Å²) >= 11 is 0. The number of nitrogens with two attached hydrogens (primary N) is 1. The van der Waals surface area contributed by atoms with Gasteiger partial charge in [-0.25, -0.2) is 9.59 Å². The zero-order chi connectivity index (χ0) is 19.8. The topological polar surface area (TPSA) is 146 Å². The largest absolute Gasteiger partial charge is 0.478 e. The smallest absolute Gasteiger partial charge is 0.328 e. The second-order valence-corrected chi connectivity index (χ2v) is 5.92. The maximum absolute atomic E-state index is 11.0. The number of fused-ring (bicyclic) bond motifs is 1. The molecule has 0 unspecified atom stereocenters. The number of carboxylic acid groups (broad SMARTS) is 2. The lowest BCUT2D eigenvalue weighted by Gasteiger charge is -2.13. The van der Waals surface area contributed by atoms with Crippen LogP contribution in [0, 0.1) is 0 Å². The summed E-state index contributed by atoms with van der Waals surface area (Å²) in [6.07, 6.45) is 6.72. The van der Waals surface area contributed by atoms with Crippen molar-refractivity contribution in [1.29, 1.82) is 0 Å². The zero-order valence-electron chi connectivity index (χ0n) is 14.6. The fraction of sp³-hybridized carbons (Fsp3) is 0.211. The third kappa shape index (κ3) is 6.12. The van der Waals surface area contributed by atoms with E-state index in [1.165, 1.54) is 16.5 Å². The Labute approximate surface area is 155 Å². The van der Waals surface area contributed by atoms with Crippen molar-refractivity contribution < 1.29 is 24.6 Å². The monoisotopic (exact) mass is 371 g/mol. The summed E-state index contributed by atoms with van der Waals surface area (Å²) < 4.78 is 0. The third-order valence-corrected chi connectivity index (χ3v) is 3.90. The molecule has 27 heavy (non-hydrogen) atoms. The summed E-state index contributed by atoms with van der Waals surface area (Å²) in [6.45, 7) is 1.93. The van der Waals surface area contributed by atoms with E-state index in [1.807, 2.05) is 12.1 Å². The Morgan fingerprint density at radius 2 is 1.85 bits per heavy atom. The number of aromatic nitrogens is 1. The van der Waals surface area contributed by atoms with Crippen LogP contribution in [0.5, 0.6) is 0 Å². The Morgan fingerprint density at radius 3 is 2.41 bits per heavy atom. The number of H-pyrrole nitrogens is 1. The molecule has 1 aliphatic rings. The van der Waals surface area contributed by atoms with Crippen molar-refractivity contribution in [2.75, 3.05) is 13.1 Å². The third-order valence-electron chi connectivity index (χ3n) is 3.90. The fourth-order valence-electron chi connectivity index (χ4n) is 2.75. The number of amides is 1. The molecule has 0 saturated heterocycles. The van der Waals surface area contributed by atoms with Gasteiger partial charge in [-0.1, -0.05) is 12.1 Å². The van der Waals surface area contributed by atoms with Gasteiger partial charge in [-0.3, -0.25) is 4.79 Å². The molecular formula is C19H21N3O5. The van der Waals surface area contributed by atoms with E-state index in [2.05, 4.69) is 28.6 Å². The van der Waals surface area contributed by atoms with Gasteiger partial charge in [-0.2, -0.15) is 0 Å². The van der Waals surface area contributed by atoms with E-state index in [1.54, 1.807) is 0 Å². The number of hydrogen-bond donors (Lipinski definition) is 5. The summed E-state index contributed by atoms with van der Waals surface area (Å²) in [5.74, 6) is -2.81. The first-order valence-corrected chi connectivity index (χ1v) is 8.29. The van der Waals surface area contributed by atoms with Gasteiger partial charge in [0.25, 0.3) is 0 Å². The molecule has 0 saturated carbocycles. The number of carbonyl (C=O) groups excluding carboxylic acids is 1. The average Bonchev–Trinajstić information content (AvgIpc) is 3.04. The SMILES string of the molecule is NC(=O)Cc1ccc2[nH]cc(C3=CCNCC3)c2c1.O=C(O)/C=C\C(=O)O. The number of benzene rings is 1. The lowest BCUT2D eigenvalue weighted by atomic mass is 9.98. The molecule has 8 heteroatoms. The number of nitrogens with one attached hydrogen (secondary N) is 2. The predicted octanol–water partition coefficient (Wildman–Crippen LogP) is 1.28. The van der Waals surface area contributed by atoms with Gasteiger partial charge in [0.1, 0.15) is 0 Å². The van der Waals surface area contributed by atoms with Crippen LogP contribution in [0.3, 0.4) is 0 Å². The lowest BCUT2D eigenvalue weighted by molar-refractivity contribution is -0.134. The zero-order valence-corrected chi connectivity index (χ0v) is 14.6. The normalized spacial score (nSPS) is 13.7. The van der Waals surface area contributed by atoms with Gasteiger partial charge in [0.15, 0.2) is 0 Å². The van der Waals surface area contributed by atoms with Crippen LogP contribution in [0.1, 0.15) is 17.5 Å². The van der Waals surface area contributed by atoms with Crippen molar-refractivity contribution in [3.8, 4) is 0 Å². The average molecular weight is 371 g/mol. The molecule has 142 valence electrons. The highest BCUT2D eigenvalue weighted by Crippen LogP contribution is 2.28. The van der Waals surface area contributed by atoms with Crippen LogP contribution < -0.4 is 11.1 Å². The summed E-state index contributed by atoms with van der Waals surface area (Å²) in [5.41, 5.74) is 9.93. The van der Waals surface area contributed by atoms with Crippen molar-refractivity contribution in [3.63, 3.8) is 0 Å². The van der Waals surface area contributed by atoms with Crippen LogP contribution in [-0.2, 0) is 20.8 Å². The fourth-order valence-corrected chi connectivity index (χ4v) is 2.75. The van der Waals surface area contributed by atoms with E-state index < -0.39 is 11.9 Å². The minimum Gasteiger partial charge on any atom is -0.478 e. The molecule has 2 heterocycles. The molecule has 0 spiro atoms. The number of aliphatic carboxylic acids is 2. The van der Waals surface area contributed by atoms with Crippen molar-refractivity contribution in [2.45, 2.75) is 12.8 Å². The van der Waals surface area contributed by atoms with Crippen LogP contribution >= 0.6 is 0 Å². The Hall–Kier alpha value is -3.39. The molecule has 2 aromatic rings. The number of primary amides is 1. The molecule has 6 N–H and O–H groups in total. The van der Waals surface area contributed by atoms with Crippen LogP contribution in [-0.4, -0.2) is 46.1 Å². The highest BCUT2D eigenvalue weighted by molar-refractivity contribution is 5.94. The molecule has 1 aromatic carbocycles. The highest BCUT2D eigenvalue weighted by atomic mass is 16.4. The van der Waals surface area contributed by atoms with Crippen LogP contribution in [0.25, 0.3) is 16.5 Å². The minimum absolute atomic E-state index is 0.293. The molecular weight excluding hydrogens is 350 g/mol. The second kappa shape index (κ2) is 9.35. The van der Waals surface area contributed by atoms with E-state index in [-0.39, 0.29) is 5.91 Å². The summed E-state index contributed by atoms with van der Waals surface area (Å²) in [4.78, 5) is 33.4. The van der Waals surface area contributed by atoms with Crippen molar-refractivity contribution in [3.05, 3.63) is 53.8 Å². The van der Waals surface area contributed by atoms with Crippen molar-refractivity contribution in [2.24, 2.45) is 5.73 Å². The Bertz CT molecular complexity index is 895. The first kappa shape index (κ1) is 19.9. The summed E-state index contributed by atoms with van der Waals surface area (Å²) in [7, 11) is 0. The maximum Gasteiger partial charge on any atom is 0.328 e. The quantitative estimate of drug-likeness (QED) is 0.501. The second-order valence-electron chi connectivity index (χ2n) is 5.92. The summed E-state index contributed by atoms with van der Waals surface area (Å²) in [6, 6.07) is 6.03. The molecule has 0 bridgehead atoms. The number of carbonyl (C=O) groups is 3. The molecule has 3 rings (SSSR count). The Morgan fingerprint density at radius 1 is 1.15 bits per heavy atom. The molecule has 1 aliphatic heterocycles. The van der Waals surface area contributed by atoms with Gasteiger partial charge in [0.05, 0.1) is 6.42 Å². The van der Waals surface area contributed by atoms with Gasteiger partial charge in [-0.15, -0.1) is 0 Å². The number of rotatable bonds is 5. The van der Waals surface area contributed by atoms with E-state index in [0.29, 0.717) is 18.6 Å². The van der Waals surface area contributed by atoms with Gasteiger partial charge < -0.3 is 26.2 Å². The first-order valence-electron chi connectivity index (χ1n) is 8.29. The van der Waals surface area contributed by atoms with Crippen LogP contribution in [0.15, 0.2) is 42.6 Å². The standard InChI is InChI=1S/C15H17N3O.C4H4O4/c16-15(19)8-10-1-2-14-12(7-10)13(9-18-14)11-3-5-17-6-4-11;5-3(6)1-2-4(7)8/h1-3,7,9,17-18H,4-6,8H2,(H2,16,19);1-2H,(H,5,6)(H,7,8)/b;2-1-. The number of hydrogen-bond acceptors (Lipinski definition) is 4. The first-order chi connectivity index (χ1) is 12.9. The molecule has 0 fully saturated rings. The van der Waals surface area contributed by atoms with Crippen LogP contribution in [0.4, 0.5) is 0 Å². The molecule has 1 amide bonds. The molecule has 0 aliphatic carbocycles. The maximum atomic E-state index is 11.0. The number of aromatic amines is 1. The van der Waals surface area contributed by atoms with Gasteiger partial charge in [0, 0.05) is 41.4 Å². The van der Waals surface area contributed by atoms with Crippen LogP contribution in [0.2, 0.25) is 0 Å². The van der Waals surface area contributed by atoms with Gasteiger partial charge in [-0.05, 0) is 36.2 Å². The molecule has 0 atom stereocenters. The van der Waals surface area contributed by atoms with E-state index >= 15 is 0 Å². The molecule has 0 radical (unpaired) electrons. The Balaban J connectivity index is 0.000000279. The summed E-state index contributed by atoms with van der Waals surface area (Å²) in [5, 5.41) is 20.1. The molecule has 1 aromatic heterocycles. The number of carboxylic acids is 2. The van der Waals surface area contributed by atoms with Crippen molar-refractivity contribution >= 4 is 34.3 Å². The Kier molecular flexibility index (Phi) is 6.90. The van der Waals surface area contributed by atoms with Crippen molar-refractivity contribution in [1.82, 2.24) is 10.3 Å². The van der Waals surface area contributed by atoms with E-state index in [4.69, 9.17) is 15.9 Å². The van der Waals surface area contributed by atoms with E-state index in [9.17, 15) is 14.4 Å². The van der Waals surface area contributed by atoms with Gasteiger partial charge >= 0.3 is 11.9 Å². The van der Waals surface area contributed by atoms with E-state index in [0.717, 1.165) is 30.6 Å².